The van der Waals surface area contributed by atoms with E-state index in [0.29, 0.717) is 37.2 Å². The van der Waals surface area contributed by atoms with Crippen molar-refractivity contribution in [1.82, 2.24) is 9.21 Å². The van der Waals surface area contributed by atoms with Gasteiger partial charge >= 0.3 is 5.97 Å². The van der Waals surface area contributed by atoms with Crippen molar-refractivity contribution in [1.29, 1.82) is 0 Å². The third-order valence-corrected chi connectivity index (χ3v) is 7.46. The molecule has 0 unspecified atom stereocenters. The van der Waals surface area contributed by atoms with Crippen molar-refractivity contribution >= 4 is 27.8 Å². The van der Waals surface area contributed by atoms with E-state index in [-0.39, 0.29) is 48.5 Å². The Bertz CT molecular complexity index is 1140. The largest absolute Gasteiger partial charge is 0.462 e. The van der Waals surface area contributed by atoms with Gasteiger partial charge in [-0.15, -0.1) is 0 Å². The van der Waals surface area contributed by atoms with Gasteiger partial charge in [-0.3, -0.25) is 14.5 Å². The van der Waals surface area contributed by atoms with Crippen molar-refractivity contribution < 1.29 is 32.3 Å². The molecule has 0 spiro atoms. The van der Waals surface area contributed by atoms with Crippen molar-refractivity contribution in [3.8, 4) is 0 Å². The van der Waals surface area contributed by atoms with Crippen molar-refractivity contribution in [2.75, 3.05) is 39.5 Å². The second kappa shape index (κ2) is 9.82. The molecule has 0 aromatic heterocycles. The van der Waals surface area contributed by atoms with E-state index >= 15 is 0 Å². The number of amides is 2. The number of unbranched alkanes of at least 4 members (excludes halogenated alkanes) is 1. The second-order valence-electron chi connectivity index (χ2n) is 7.69. The Labute approximate surface area is 191 Å². The van der Waals surface area contributed by atoms with Crippen LogP contribution in [0.5, 0.6) is 0 Å². The van der Waals surface area contributed by atoms with E-state index in [1.807, 2.05) is 0 Å². The van der Waals surface area contributed by atoms with Gasteiger partial charge in [0.15, 0.2) is 0 Å². The fraction of sp³-hybridized carbons (Fsp3) is 0.348. The third kappa shape index (κ3) is 4.82. The van der Waals surface area contributed by atoms with E-state index in [1.165, 1.54) is 33.5 Å². The summed E-state index contributed by atoms with van der Waals surface area (Å²) in [6, 6.07) is 12.5. The topological polar surface area (TPSA) is 110 Å². The number of nitrogens with zero attached hydrogens (tertiary/aromatic N) is 2. The number of morpholine rings is 1. The van der Waals surface area contributed by atoms with Crippen molar-refractivity contribution in [2.24, 2.45) is 0 Å². The Balaban J connectivity index is 1.27. The summed E-state index contributed by atoms with van der Waals surface area (Å²) in [5, 5.41) is 0. The maximum atomic E-state index is 12.8. The highest BCUT2D eigenvalue weighted by Crippen LogP contribution is 2.23. The number of carbonyl (C=O) groups excluding carboxylic acids is 3. The first-order valence-electron chi connectivity index (χ1n) is 10.7. The standard InChI is InChI=1S/C23H24N2O7S/c26-21-19-8-1-2-9-20(19)22(27)25(21)10-3-4-13-32-23(28)17-6-5-7-18(16-17)33(29,30)24-11-14-31-15-12-24/h1-2,5-9,16H,3-4,10-15H2. The monoisotopic (exact) mass is 472 g/mol. The molecule has 0 saturated carbocycles. The molecule has 0 N–H and O–H groups in total. The van der Waals surface area contributed by atoms with E-state index in [9.17, 15) is 22.8 Å². The zero-order chi connectivity index (χ0) is 23.4. The van der Waals surface area contributed by atoms with Crippen LogP contribution in [0, 0.1) is 0 Å². The first kappa shape index (κ1) is 23.1. The van der Waals surface area contributed by atoms with Gasteiger partial charge in [-0.2, -0.15) is 4.31 Å². The summed E-state index contributed by atoms with van der Waals surface area (Å²) in [4.78, 5) is 38.3. The number of fused-ring (bicyclic) bond motifs is 1. The second-order valence-corrected chi connectivity index (χ2v) is 9.63. The number of hydrogen-bond donors (Lipinski definition) is 0. The number of rotatable bonds is 8. The molecule has 2 aromatic carbocycles. The van der Waals surface area contributed by atoms with E-state index in [2.05, 4.69) is 0 Å². The van der Waals surface area contributed by atoms with Gasteiger partial charge in [0, 0.05) is 19.6 Å². The molecule has 1 saturated heterocycles. The van der Waals surface area contributed by atoms with Gasteiger partial charge in [0.2, 0.25) is 10.0 Å². The van der Waals surface area contributed by atoms with Gasteiger partial charge in [-0.25, -0.2) is 13.2 Å². The van der Waals surface area contributed by atoms with Gasteiger partial charge < -0.3 is 9.47 Å². The lowest BCUT2D eigenvalue weighted by Gasteiger charge is -2.26. The summed E-state index contributed by atoms with van der Waals surface area (Å²) in [5.74, 6) is -1.26. The predicted octanol–water partition coefficient (Wildman–Crippen LogP) is 1.94. The summed E-state index contributed by atoms with van der Waals surface area (Å²) >= 11 is 0. The lowest BCUT2D eigenvalue weighted by molar-refractivity contribution is 0.0485. The fourth-order valence-corrected chi connectivity index (χ4v) is 5.24. The summed E-state index contributed by atoms with van der Waals surface area (Å²) in [6.07, 6.45) is 0.926. The molecule has 1 fully saturated rings. The van der Waals surface area contributed by atoms with Crippen molar-refractivity contribution in [3.63, 3.8) is 0 Å². The molecule has 33 heavy (non-hydrogen) atoms. The molecule has 9 nitrogen and oxygen atoms in total. The lowest BCUT2D eigenvalue weighted by atomic mass is 10.1. The molecule has 4 rings (SSSR count). The van der Waals surface area contributed by atoms with E-state index in [4.69, 9.17) is 9.47 Å². The number of benzene rings is 2. The van der Waals surface area contributed by atoms with Crippen LogP contribution in [0.1, 0.15) is 43.9 Å². The van der Waals surface area contributed by atoms with Gasteiger partial charge in [0.25, 0.3) is 11.8 Å². The van der Waals surface area contributed by atoms with Crippen LogP contribution in [0.2, 0.25) is 0 Å². The SMILES string of the molecule is O=C(OCCCCN1C(=O)c2ccccc2C1=O)c1cccc(S(=O)(=O)N2CCOCC2)c1. The summed E-state index contributed by atoms with van der Waals surface area (Å²) in [6.45, 7) is 1.52. The van der Waals surface area contributed by atoms with Crippen LogP contribution in [-0.2, 0) is 19.5 Å². The third-order valence-electron chi connectivity index (χ3n) is 5.56. The number of sulfonamides is 1. The quantitative estimate of drug-likeness (QED) is 0.328. The molecule has 0 radical (unpaired) electrons. The number of hydrogen-bond acceptors (Lipinski definition) is 7. The summed E-state index contributed by atoms with van der Waals surface area (Å²) in [7, 11) is -3.71. The zero-order valence-electron chi connectivity index (χ0n) is 17.9. The number of carbonyl (C=O) groups is 3. The van der Waals surface area contributed by atoms with Crippen LogP contribution < -0.4 is 0 Å². The van der Waals surface area contributed by atoms with Crippen LogP contribution in [0.15, 0.2) is 53.4 Å². The normalized spacial score (nSPS) is 16.7. The summed E-state index contributed by atoms with van der Waals surface area (Å²) in [5.41, 5.74) is 0.950. The zero-order valence-corrected chi connectivity index (χ0v) is 18.8. The smallest absolute Gasteiger partial charge is 0.338 e. The molecule has 2 aromatic rings. The number of imide groups is 1. The molecule has 2 aliphatic heterocycles. The Morgan fingerprint density at radius 3 is 2.27 bits per heavy atom. The Hall–Kier alpha value is -3.08. The van der Waals surface area contributed by atoms with Crippen molar-refractivity contribution in [2.45, 2.75) is 17.7 Å². The molecule has 0 bridgehead atoms. The number of esters is 1. The molecule has 0 aliphatic carbocycles. The lowest BCUT2D eigenvalue weighted by Crippen LogP contribution is -2.40. The molecule has 2 heterocycles. The van der Waals surface area contributed by atoms with Crippen LogP contribution in [-0.4, -0.2) is 74.9 Å². The molecule has 2 amide bonds. The Morgan fingerprint density at radius 1 is 0.939 bits per heavy atom. The molecular weight excluding hydrogens is 448 g/mol. The first-order chi connectivity index (χ1) is 15.9. The molecule has 174 valence electrons. The van der Waals surface area contributed by atoms with Crippen LogP contribution in [0.4, 0.5) is 0 Å². The molecule has 2 aliphatic rings. The minimum absolute atomic E-state index is 0.0319. The Morgan fingerprint density at radius 2 is 1.61 bits per heavy atom. The van der Waals surface area contributed by atoms with E-state index in [1.54, 1.807) is 24.3 Å². The van der Waals surface area contributed by atoms with Crippen LogP contribution in [0.25, 0.3) is 0 Å². The maximum Gasteiger partial charge on any atom is 0.338 e. The van der Waals surface area contributed by atoms with E-state index < -0.39 is 16.0 Å². The average molecular weight is 473 g/mol. The highest BCUT2D eigenvalue weighted by Gasteiger charge is 2.34. The average Bonchev–Trinajstić information content (AvgIpc) is 3.09. The van der Waals surface area contributed by atoms with Gasteiger partial charge in [0.1, 0.15) is 0 Å². The Kier molecular flexibility index (Phi) is 6.87. The molecule has 10 heteroatoms. The summed E-state index contributed by atoms with van der Waals surface area (Å²) < 4.78 is 37.4. The fourth-order valence-electron chi connectivity index (χ4n) is 3.78. The van der Waals surface area contributed by atoms with Gasteiger partial charge in [-0.05, 0) is 43.2 Å². The first-order valence-corrected chi connectivity index (χ1v) is 12.1. The maximum absolute atomic E-state index is 12.8. The van der Waals surface area contributed by atoms with Gasteiger partial charge in [-0.1, -0.05) is 18.2 Å². The van der Waals surface area contributed by atoms with Gasteiger partial charge in [0.05, 0.1) is 41.4 Å². The highest BCUT2D eigenvalue weighted by molar-refractivity contribution is 7.89. The van der Waals surface area contributed by atoms with Crippen molar-refractivity contribution in [3.05, 3.63) is 65.2 Å². The minimum atomic E-state index is -3.71. The number of ether oxygens (including phenoxy) is 2. The van der Waals surface area contributed by atoms with Crippen LogP contribution >= 0.6 is 0 Å². The highest BCUT2D eigenvalue weighted by atomic mass is 32.2. The molecule has 0 atom stereocenters. The predicted molar refractivity (Wildman–Crippen MR) is 117 cm³/mol. The minimum Gasteiger partial charge on any atom is -0.462 e. The van der Waals surface area contributed by atoms with Crippen LogP contribution in [0.3, 0.4) is 0 Å². The molecular formula is C23H24N2O7S. The van der Waals surface area contributed by atoms with E-state index in [0.717, 1.165) is 0 Å².